The van der Waals surface area contributed by atoms with Crippen LogP contribution in [0.1, 0.15) is 0 Å². The van der Waals surface area contributed by atoms with Crippen LogP contribution in [0.15, 0.2) is 53.7 Å². The number of halogens is 1. The summed E-state index contributed by atoms with van der Waals surface area (Å²) in [6, 6.07) is 13.4. The Morgan fingerprint density at radius 2 is 2.04 bits per heavy atom. The molecule has 0 aliphatic carbocycles. The topological polar surface area (TPSA) is 92.9 Å². The van der Waals surface area contributed by atoms with Crippen LogP contribution in [0.5, 0.6) is 5.75 Å². The summed E-state index contributed by atoms with van der Waals surface area (Å²) in [5.41, 5.74) is 1.28. The highest BCUT2D eigenvalue weighted by molar-refractivity contribution is 7.99. The number of tetrazole rings is 1. The van der Waals surface area contributed by atoms with Gasteiger partial charge in [0.05, 0.1) is 11.4 Å². The lowest BCUT2D eigenvalue weighted by Crippen LogP contribution is -2.14. The Bertz CT molecular complexity index is 853. The van der Waals surface area contributed by atoms with E-state index in [1.165, 1.54) is 28.6 Å². The van der Waals surface area contributed by atoms with E-state index in [1.54, 1.807) is 36.4 Å². The molecule has 0 bridgehead atoms. The van der Waals surface area contributed by atoms with Crippen LogP contribution < -0.4 is 5.32 Å². The number of phenols is 1. The lowest BCUT2D eigenvalue weighted by atomic mass is 10.3. The van der Waals surface area contributed by atoms with E-state index in [0.29, 0.717) is 15.9 Å². The number of phenolic OH excluding ortho intramolecular Hbond substituents is 1. The van der Waals surface area contributed by atoms with Gasteiger partial charge in [-0.05, 0) is 46.8 Å². The largest absolute Gasteiger partial charge is 0.508 e. The molecule has 0 unspecified atom stereocenters. The van der Waals surface area contributed by atoms with Crippen molar-refractivity contribution in [2.75, 3.05) is 11.1 Å². The van der Waals surface area contributed by atoms with E-state index in [1.807, 2.05) is 0 Å². The average molecular weight is 362 g/mol. The molecule has 122 valence electrons. The fourth-order valence-electron chi connectivity index (χ4n) is 1.92. The summed E-state index contributed by atoms with van der Waals surface area (Å²) in [5.74, 6) is -0.00716. The smallest absolute Gasteiger partial charge is 0.234 e. The fraction of sp³-hybridized carbons (Fsp3) is 0.0667. The lowest BCUT2D eigenvalue weighted by molar-refractivity contribution is -0.113. The van der Waals surface area contributed by atoms with E-state index in [0.717, 1.165) is 5.69 Å². The van der Waals surface area contributed by atoms with Gasteiger partial charge in [-0.15, -0.1) is 5.10 Å². The van der Waals surface area contributed by atoms with Crippen LogP contribution in [-0.4, -0.2) is 37.0 Å². The predicted octanol–water partition coefficient (Wildman–Crippen LogP) is 2.75. The molecule has 2 N–H and O–H groups in total. The SMILES string of the molecule is O=C(CSc1nnnn1-c1ccc(Cl)cc1)Nc1cccc(O)c1. The van der Waals surface area contributed by atoms with Crippen molar-refractivity contribution in [2.24, 2.45) is 0 Å². The number of hydrogen-bond donors (Lipinski definition) is 2. The van der Waals surface area contributed by atoms with E-state index < -0.39 is 0 Å². The number of carbonyl (C=O) groups is 1. The highest BCUT2D eigenvalue weighted by Gasteiger charge is 2.12. The third-order valence-corrected chi connectivity index (χ3v) is 4.15. The zero-order valence-electron chi connectivity index (χ0n) is 12.3. The summed E-state index contributed by atoms with van der Waals surface area (Å²) in [6.45, 7) is 0. The zero-order valence-corrected chi connectivity index (χ0v) is 13.8. The standard InChI is InChI=1S/C15H12ClN5O2S/c16-10-4-6-12(7-5-10)21-15(18-19-20-21)24-9-14(23)17-11-2-1-3-13(22)8-11/h1-8,22H,9H2,(H,17,23). The van der Waals surface area contributed by atoms with Crippen LogP contribution in [0.3, 0.4) is 0 Å². The average Bonchev–Trinajstić information content (AvgIpc) is 3.02. The molecule has 0 radical (unpaired) electrons. The highest BCUT2D eigenvalue weighted by atomic mass is 35.5. The molecule has 7 nitrogen and oxygen atoms in total. The van der Waals surface area contributed by atoms with Gasteiger partial charge in [0, 0.05) is 16.8 Å². The Hall–Kier alpha value is -2.58. The number of rotatable bonds is 5. The molecule has 0 atom stereocenters. The van der Waals surface area contributed by atoms with E-state index in [9.17, 15) is 9.90 Å². The van der Waals surface area contributed by atoms with Crippen molar-refractivity contribution in [1.29, 1.82) is 0 Å². The van der Waals surface area contributed by atoms with Crippen molar-refractivity contribution in [3.8, 4) is 11.4 Å². The molecule has 0 saturated carbocycles. The maximum absolute atomic E-state index is 12.0. The van der Waals surface area contributed by atoms with Gasteiger partial charge in [-0.3, -0.25) is 4.79 Å². The van der Waals surface area contributed by atoms with Crippen LogP contribution in [0.4, 0.5) is 5.69 Å². The van der Waals surface area contributed by atoms with Crippen molar-refractivity contribution in [3.05, 3.63) is 53.6 Å². The van der Waals surface area contributed by atoms with Crippen molar-refractivity contribution in [2.45, 2.75) is 5.16 Å². The number of aromatic hydroxyl groups is 1. The summed E-state index contributed by atoms with van der Waals surface area (Å²) in [6.07, 6.45) is 0. The van der Waals surface area contributed by atoms with Gasteiger partial charge < -0.3 is 10.4 Å². The first-order valence-electron chi connectivity index (χ1n) is 6.88. The Morgan fingerprint density at radius 1 is 1.25 bits per heavy atom. The Balaban J connectivity index is 1.64. The Morgan fingerprint density at radius 3 is 2.79 bits per heavy atom. The normalized spacial score (nSPS) is 10.5. The minimum absolute atomic E-state index is 0.0899. The summed E-state index contributed by atoms with van der Waals surface area (Å²) in [4.78, 5) is 12.0. The number of hydrogen-bond acceptors (Lipinski definition) is 6. The second kappa shape index (κ2) is 7.33. The van der Waals surface area contributed by atoms with Gasteiger partial charge in [0.2, 0.25) is 11.1 Å². The molecule has 0 spiro atoms. The maximum Gasteiger partial charge on any atom is 0.234 e. The van der Waals surface area contributed by atoms with Crippen molar-refractivity contribution >= 4 is 35.0 Å². The number of carbonyl (C=O) groups excluding carboxylic acids is 1. The molecule has 1 aromatic heterocycles. The number of benzene rings is 2. The van der Waals surface area contributed by atoms with E-state index in [2.05, 4.69) is 20.8 Å². The highest BCUT2D eigenvalue weighted by Crippen LogP contribution is 2.20. The molecule has 0 fully saturated rings. The van der Waals surface area contributed by atoms with Gasteiger partial charge in [-0.1, -0.05) is 29.4 Å². The second-order valence-electron chi connectivity index (χ2n) is 4.74. The molecule has 9 heteroatoms. The van der Waals surface area contributed by atoms with Crippen LogP contribution >= 0.6 is 23.4 Å². The molecule has 0 aliphatic rings. The summed E-state index contributed by atoms with van der Waals surface area (Å²) in [5, 5.41) is 24.7. The van der Waals surface area contributed by atoms with Gasteiger partial charge in [-0.25, -0.2) is 0 Å². The zero-order chi connectivity index (χ0) is 16.9. The first-order valence-corrected chi connectivity index (χ1v) is 8.24. The second-order valence-corrected chi connectivity index (χ2v) is 6.12. The van der Waals surface area contributed by atoms with Crippen LogP contribution in [-0.2, 0) is 4.79 Å². The fourth-order valence-corrected chi connectivity index (χ4v) is 2.74. The van der Waals surface area contributed by atoms with Crippen molar-refractivity contribution in [1.82, 2.24) is 20.2 Å². The number of thioether (sulfide) groups is 1. The third-order valence-electron chi connectivity index (χ3n) is 2.97. The van der Waals surface area contributed by atoms with Gasteiger partial charge in [0.1, 0.15) is 5.75 Å². The monoisotopic (exact) mass is 361 g/mol. The molecule has 3 rings (SSSR count). The Kier molecular flexibility index (Phi) is 4.97. The van der Waals surface area contributed by atoms with Gasteiger partial charge in [0.25, 0.3) is 0 Å². The molecule has 2 aromatic carbocycles. The van der Waals surface area contributed by atoms with Crippen LogP contribution in [0, 0.1) is 0 Å². The van der Waals surface area contributed by atoms with E-state index >= 15 is 0 Å². The van der Waals surface area contributed by atoms with Gasteiger partial charge >= 0.3 is 0 Å². The summed E-state index contributed by atoms with van der Waals surface area (Å²) < 4.78 is 1.53. The van der Waals surface area contributed by atoms with Crippen LogP contribution in [0.2, 0.25) is 5.02 Å². The molecule has 3 aromatic rings. The molecule has 0 aliphatic heterocycles. The molecular weight excluding hydrogens is 350 g/mol. The molecule has 1 amide bonds. The molecule has 1 heterocycles. The predicted molar refractivity (Wildman–Crippen MR) is 91.6 cm³/mol. The Labute approximate surface area is 146 Å². The summed E-state index contributed by atoms with van der Waals surface area (Å²) in [7, 11) is 0. The first kappa shape index (κ1) is 16.3. The van der Waals surface area contributed by atoms with Gasteiger partial charge in [0.15, 0.2) is 0 Å². The molecular formula is C15H12ClN5O2S. The van der Waals surface area contributed by atoms with Crippen molar-refractivity contribution in [3.63, 3.8) is 0 Å². The first-order chi connectivity index (χ1) is 11.6. The van der Waals surface area contributed by atoms with E-state index in [4.69, 9.17) is 11.6 Å². The minimum Gasteiger partial charge on any atom is -0.508 e. The number of anilines is 1. The van der Waals surface area contributed by atoms with Crippen LogP contribution in [0.25, 0.3) is 5.69 Å². The summed E-state index contributed by atoms with van der Waals surface area (Å²) >= 11 is 7.07. The maximum atomic E-state index is 12.0. The molecule has 0 saturated heterocycles. The lowest BCUT2D eigenvalue weighted by Gasteiger charge is -2.06. The minimum atomic E-state index is -0.226. The van der Waals surface area contributed by atoms with Crippen molar-refractivity contribution < 1.29 is 9.90 Å². The quantitative estimate of drug-likeness (QED) is 0.679. The van der Waals surface area contributed by atoms with Gasteiger partial charge in [-0.2, -0.15) is 4.68 Å². The molecule has 24 heavy (non-hydrogen) atoms. The number of aromatic nitrogens is 4. The number of amides is 1. The number of nitrogens with zero attached hydrogens (tertiary/aromatic N) is 4. The van der Waals surface area contributed by atoms with E-state index in [-0.39, 0.29) is 17.4 Å². The number of nitrogens with one attached hydrogen (secondary N) is 1. The third kappa shape index (κ3) is 4.03.